The summed E-state index contributed by atoms with van der Waals surface area (Å²) in [6, 6.07) is -0.360. The van der Waals surface area contributed by atoms with Crippen LogP contribution in [-0.4, -0.2) is 26.9 Å². The lowest BCUT2D eigenvalue weighted by Gasteiger charge is -2.12. The fourth-order valence-corrected chi connectivity index (χ4v) is 2.77. The van der Waals surface area contributed by atoms with Gasteiger partial charge in [-0.2, -0.15) is 5.10 Å². The second kappa shape index (κ2) is 5.40. The van der Waals surface area contributed by atoms with Crippen molar-refractivity contribution in [2.24, 2.45) is 0 Å². The van der Waals surface area contributed by atoms with Crippen molar-refractivity contribution in [2.75, 3.05) is 0 Å². The van der Waals surface area contributed by atoms with Crippen molar-refractivity contribution >= 4 is 11.7 Å². The predicted octanol–water partition coefficient (Wildman–Crippen LogP) is 2.02. The summed E-state index contributed by atoms with van der Waals surface area (Å²) in [4.78, 5) is 28.9. The number of hydrogen-bond acceptors (Lipinski definition) is 5. The Morgan fingerprint density at radius 2 is 2.14 bits per heavy atom. The molecule has 0 radical (unpaired) electrons. The van der Waals surface area contributed by atoms with Crippen LogP contribution in [0.4, 0.5) is 0 Å². The molecular formula is C15H18N4O3. The first-order valence-electron chi connectivity index (χ1n) is 7.32. The van der Waals surface area contributed by atoms with E-state index in [9.17, 15) is 9.59 Å². The molecule has 0 saturated heterocycles. The van der Waals surface area contributed by atoms with Gasteiger partial charge in [0.15, 0.2) is 11.6 Å². The monoisotopic (exact) mass is 302 g/mol. The standard InChI is InChI=1S/C15H18N4O3/c1-7(14-17-9(3)18-19-14)16-15(21)12-8(2)22-11-6-4-5-10(20)13(11)12/h7H,4-6H2,1-3H3,(H,16,21)(H,17,18,19)/t7-/m1/s1. The molecule has 0 fully saturated rings. The van der Waals surface area contributed by atoms with Crippen LogP contribution in [0, 0.1) is 13.8 Å². The van der Waals surface area contributed by atoms with Gasteiger partial charge in [-0.15, -0.1) is 0 Å². The Labute approximate surface area is 127 Å². The lowest BCUT2D eigenvalue weighted by atomic mass is 9.93. The van der Waals surface area contributed by atoms with Gasteiger partial charge in [0.2, 0.25) is 0 Å². The highest BCUT2D eigenvalue weighted by atomic mass is 16.3. The van der Waals surface area contributed by atoms with Gasteiger partial charge in [-0.1, -0.05) is 0 Å². The number of H-pyrrole nitrogens is 1. The van der Waals surface area contributed by atoms with E-state index in [0.717, 1.165) is 6.42 Å². The van der Waals surface area contributed by atoms with Crippen LogP contribution >= 0.6 is 0 Å². The largest absolute Gasteiger partial charge is 0.465 e. The van der Waals surface area contributed by atoms with E-state index in [-0.39, 0.29) is 17.7 Å². The zero-order valence-electron chi connectivity index (χ0n) is 12.8. The molecule has 1 aliphatic carbocycles. The number of Topliss-reactive ketones (excluding diaryl/α,β-unsaturated/α-hetero) is 1. The Morgan fingerprint density at radius 3 is 2.82 bits per heavy atom. The fraction of sp³-hybridized carbons (Fsp3) is 0.467. The van der Waals surface area contributed by atoms with Gasteiger partial charge in [0, 0.05) is 12.8 Å². The van der Waals surface area contributed by atoms with Crippen molar-refractivity contribution in [3.63, 3.8) is 0 Å². The molecule has 7 heteroatoms. The molecule has 2 heterocycles. The van der Waals surface area contributed by atoms with Crippen LogP contribution in [0.2, 0.25) is 0 Å². The van der Waals surface area contributed by atoms with Gasteiger partial charge in [-0.3, -0.25) is 14.7 Å². The molecule has 116 valence electrons. The molecule has 7 nitrogen and oxygen atoms in total. The summed E-state index contributed by atoms with van der Waals surface area (Å²) in [7, 11) is 0. The first-order valence-corrected chi connectivity index (χ1v) is 7.32. The van der Waals surface area contributed by atoms with E-state index in [0.29, 0.717) is 47.1 Å². The van der Waals surface area contributed by atoms with E-state index in [1.807, 2.05) is 0 Å². The zero-order valence-corrected chi connectivity index (χ0v) is 12.8. The van der Waals surface area contributed by atoms with Crippen molar-refractivity contribution in [3.8, 4) is 0 Å². The van der Waals surface area contributed by atoms with E-state index in [1.165, 1.54) is 0 Å². The summed E-state index contributed by atoms with van der Waals surface area (Å²) >= 11 is 0. The average Bonchev–Trinajstić information content (AvgIpc) is 3.02. The first kappa shape index (κ1) is 14.5. The van der Waals surface area contributed by atoms with Crippen LogP contribution in [0.15, 0.2) is 4.42 Å². The molecule has 2 aromatic heterocycles. The third-order valence-corrected chi connectivity index (χ3v) is 3.82. The number of ketones is 1. The number of rotatable bonds is 3. The number of hydrogen-bond donors (Lipinski definition) is 2. The number of nitrogens with one attached hydrogen (secondary N) is 2. The van der Waals surface area contributed by atoms with Crippen LogP contribution in [0.3, 0.4) is 0 Å². The summed E-state index contributed by atoms with van der Waals surface area (Å²) in [5.74, 6) is 1.95. The molecule has 0 saturated carbocycles. The highest BCUT2D eigenvalue weighted by Crippen LogP contribution is 2.29. The third-order valence-electron chi connectivity index (χ3n) is 3.82. The Kier molecular flexibility index (Phi) is 3.56. The lowest BCUT2D eigenvalue weighted by Crippen LogP contribution is -2.29. The molecule has 0 spiro atoms. The normalized spacial score (nSPS) is 15.5. The molecule has 1 amide bonds. The molecular weight excluding hydrogens is 284 g/mol. The number of aryl methyl sites for hydroxylation is 3. The van der Waals surface area contributed by atoms with Crippen molar-refractivity contribution in [2.45, 2.75) is 46.1 Å². The SMILES string of the molecule is Cc1nc([C@@H](C)NC(=O)c2c(C)oc3c2C(=O)CCC3)n[nH]1. The van der Waals surface area contributed by atoms with Crippen molar-refractivity contribution < 1.29 is 14.0 Å². The average molecular weight is 302 g/mol. The van der Waals surface area contributed by atoms with Gasteiger partial charge in [-0.25, -0.2) is 4.98 Å². The second-order valence-corrected chi connectivity index (χ2v) is 5.58. The van der Waals surface area contributed by atoms with Gasteiger partial charge < -0.3 is 9.73 Å². The molecule has 2 N–H and O–H groups in total. The van der Waals surface area contributed by atoms with Crippen LogP contribution < -0.4 is 5.32 Å². The van der Waals surface area contributed by atoms with E-state index in [1.54, 1.807) is 20.8 Å². The maximum atomic E-state index is 12.5. The topological polar surface area (TPSA) is 101 Å². The predicted molar refractivity (Wildman–Crippen MR) is 77.7 cm³/mol. The fourth-order valence-electron chi connectivity index (χ4n) is 2.77. The minimum atomic E-state index is -0.360. The van der Waals surface area contributed by atoms with Crippen molar-refractivity contribution in [1.29, 1.82) is 0 Å². The van der Waals surface area contributed by atoms with Crippen LogP contribution in [0.25, 0.3) is 0 Å². The van der Waals surface area contributed by atoms with Gasteiger partial charge in [0.1, 0.15) is 17.3 Å². The summed E-state index contributed by atoms with van der Waals surface area (Å²) < 4.78 is 5.60. The number of furan rings is 1. The summed E-state index contributed by atoms with van der Waals surface area (Å²) in [5.41, 5.74) is 0.790. The Balaban J connectivity index is 1.87. The maximum Gasteiger partial charge on any atom is 0.256 e. The van der Waals surface area contributed by atoms with E-state index < -0.39 is 0 Å². The molecule has 1 atom stereocenters. The molecule has 0 aromatic carbocycles. The first-order chi connectivity index (χ1) is 10.5. The number of amides is 1. The Morgan fingerprint density at radius 1 is 1.36 bits per heavy atom. The smallest absolute Gasteiger partial charge is 0.256 e. The lowest BCUT2D eigenvalue weighted by molar-refractivity contribution is 0.0917. The molecule has 1 aliphatic rings. The molecule has 22 heavy (non-hydrogen) atoms. The minimum absolute atomic E-state index is 0.0235. The third kappa shape index (κ3) is 2.43. The molecule has 2 aromatic rings. The quantitative estimate of drug-likeness (QED) is 0.903. The highest BCUT2D eigenvalue weighted by Gasteiger charge is 2.31. The van der Waals surface area contributed by atoms with Gasteiger partial charge in [-0.05, 0) is 27.2 Å². The summed E-state index contributed by atoms with van der Waals surface area (Å²) in [6.45, 7) is 5.30. The number of aromatic nitrogens is 3. The summed E-state index contributed by atoms with van der Waals surface area (Å²) in [5, 5.41) is 9.60. The second-order valence-electron chi connectivity index (χ2n) is 5.58. The highest BCUT2D eigenvalue weighted by molar-refractivity contribution is 6.10. The van der Waals surface area contributed by atoms with Crippen molar-refractivity contribution in [3.05, 3.63) is 34.3 Å². The van der Waals surface area contributed by atoms with E-state index >= 15 is 0 Å². The van der Waals surface area contributed by atoms with E-state index in [4.69, 9.17) is 4.42 Å². The molecule has 0 aliphatic heterocycles. The zero-order chi connectivity index (χ0) is 15.9. The molecule has 0 unspecified atom stereocenters. The van der Waals surface area contributed by atoms with Gasteiger partial charge in [0.05, 0.1) is 17.2 Å². The Bertz CT molecular complexity index is 744. The number of carbonyl (C=O) groups excluding carboxylic acids is 2. The number of fused-ring (bicyclic) bond motifs is 1. The van der Waals surface area contributed by atoms with Crippen LogP contribution in [-0.2, 0) is 6.42 Å². The minimum Gasteiger partial charge on any atom is -0.465 e. The van der Waals surface area contributed by atoms with Crippen LogP contribution in [0.1, 0.15) is 69.7 Å². The Hall–Kier alpha value is -2.44. The molecule has 0 bridgehead atoms. The number of aromatic amines is 1. The van der Waals surface area contributed by atoms with Crippen LogP contribution in [0.5, 0.6) is 0 Å². The van der Waals surface area contributed by atoms with E-state index in [2.05, 4.69) is 20.5 Å². The van der Waals surface area contributed by atoms with Gasteiger partial charge >= 0.3 is 0 Å². The summed E-state index contributed by atoms with van der Waals surface area (Å²) in [6.07, 6.45) is 1.93. The number of carbonyl (C=O) groups is 2. The van der Waals surface area contributed by atoms with Crippen molar-refractivity contribution in [1.82, 2.24) is 20.5 Å². The maximum absolute atomic E-state index is 12.5. The molecule has 3 rings (SSSR count). The number of nitrogens with zero attached hydrogens (tertiary/aromatic N) is 2. The van der Waals surface area contributed by atoms with Gasteiger partial charge in [0.25, 0.3) is 5.91 Å².